The number of cyclic esters (lactones) is 1. The molecule has 0 saturated carbocycles. The van der Waals surface area contributed by atoms with Crippen molar-refractivity contribution in [3.8, 4) is 23.3 Å². The first-order valence-corrected chi connectivity index (χ1v) is 24.8. The summed E-state index contributed by atoms with van der Waals surface area (Å²) in [5.41, 5.74) is 1.64. The van der Waals surface area contributed by atoms with Crippen molar-refractivity contribution >= 4 is 35.5 Å². The molecular formula is C58H60N4O10. The number of likely N-dealkylation sites (tertiary alicyclic amines) is 1. The van der Waals surface area contributed by atoms with E-state index >= 15 is 19.2 Å². The number of benzene rings is 5. The number of rotatable bonds is 11. The highest BCUT2D eigenvalue weighted by Gasteiger charge is 2.76. The molecule has 2 N–H and O–H groups in total. The number of nitrogens with one attached hydrogen (secondary N) is 1. The van der Waals surface area contributed by atoms with Crippen molar-refractivity contribution in [1.29, 1.82) is 0 Å². The number of amides is 4. The first-order valence-electron chi connectivity index (χ1n) is 24.8. The molecule has 4 aliphatic rings. The summed E-state index contributed by atoms with van der Waals surface area (Å²) in [7, 11) is 2.82. The third kappa shape index (κ3) is 9.19. The van der Waals surface area contributed by atoms with E-state index in [0.29, 0.717) is 52.4 Å². The summed E-state index contributed by atoms with van der Waals surface area (Å²) in [5, 5.41) is 12.5. The molecule has 5 aromatic carbocycles. The number of hydrogen-bond donors (Lipinski definition) is 2. The number of aliphatic hydroxyl groups excluding tert-OH is 1. The predicted molar refractivity (Wildman–Crippen MR) is 269 cm³/mol. The molecule has 4 aliphatic heterocycles. The molecular weight excluding hydrogens is 913 g/mol. The zero-order valence-electron chi connectivity index (χ0n) is 41.0. The lowest BCUT2D eigenvalue weighted by atomic mass is 9.64. The first-order chi connectivity index (χ1) is 35.0. The summed E-state index contributed by atoms with van der Waals surface area (Å²) < 4.78 is 23.0. The Morgan fingerprint density at radius 2 is 1.36 bits per heavy atom. The third-order valence-electron chi connectivity index (χ3n) is 14.5. The molecule has 5 aromatic rings. The number of ether oxygens (including phenoxy) is 4. The molecule has 0 radical (unpaired) electrons. The highest BCUT2D eigenvalue weighted by atomic mass is 16.6. The molecule has 0 bridgehead atoms. The normalized spacial score (nSPS) is 23.2. The van der Waals surface area contributed by atoms with Crippen LogP contribution in [0.2, 0.25) is 0 Å². The number of urea groups is 1. The molecule has 1 spiro atoms. The van der Waals surface area contributed by atoms with Crippen molar-refractivity contribution in [2.24, 2.45) is 11.8 Å². The summed E-state index contributed by atoms with van der Waals surface area (Å²) in [5.74, 6) is 3.16. The number of aliphatic hydroxyl groups is 1. The number of morpholine rings is 1. The van der Waals surface area contributed by atoms with Gasteiger partial charge in [-0.2, -0.15) is 0 Å². The minimum atomic E-state index is -2.03. The van der Waals surface area contributed by atoms with Crippen LogP contribution >= 0.6 is 0 Å². The highest BCUT2D eigenvalue weighted by Crippen LogP contribution is 2.66. The molecule has 14 heteroatoms. The lowest BCUT2D eigenvalue weighted by Gasteiger charge is -2.46. The number of carbonyl (C=O) groups excluding carboxylic acids is 5. The van der Waals surface area contributed by atoms with Gasteiger partial charge in [0.15, 0.2) is 0 Å². The van der Waals surface area contributed by atoms with Crippen molar-refractivity contribution in [2.75, 3.05) is 45.4 Å². The van der Waals surface area contributed by atoms with E-state index < -0.39 is 77.3 Å². The summed E-state index contributed by atoms with van der Waals surface area (Å²) in [4.78, 5) is 82.1. The van der Waals surface area contributed by atoms with E-state index in [1.165, 1.54) is 7.11 Å². The van der Waals surface area contributed by atoms with Gasteiger partial charge in [0.1, 0.15) is 41.7 Å². The van der Waals surface area contributed by atoms with Crippen molar-refractivity contribution in [2.45, 2.75) is 81.6 Å². The monoisotopic (exact) mass is 972 g/mol. The lowest BCUT2D eigenvalue weighted by molar-refractivity contribution is -0.179. The number of anilines is 1. The Kier molecular flexibility index (Phi) is 14.8. The van der Waals surface area contributed by atoms with Crippen LogP contribution in [0.25, 0.3) is 0 Å². The first kappa shape index (κ1) is 49.5. The zero-order chi connectivity index (χ0) is 50.5. The molecule has 72 heavy (non-hydrogen) atoms. The second-order valence-corrected chi connectivity index (χ2v) is 19.0. The number of methoxy groups -OCH3 is 2. The van der Waals surface area contributed by atoms with Crippen LogP contribution in [0.15, 0.2) is 127 Å². The van der Waals surface area contributed by atoms with Crippen LogP contribution in [0.1, 0.15) is 97.5 Å². The van der Waals surface area contributed by atoms with Gasteiger partial charge in [0.05, 0.1) is 44.5 Å². The van der Waals surface area contributed by atoms with Gasteiger partial charge in [0.25, 0.3) is 0 Å². The third-order valence-corrected chi connectivity index (χ3v) is 14.5. The largest absolute Gasteiger partial charge is 0.497 e. The van der Waals surface area contributed by atoms with Crippen molar-refractivity contribution in [3.05, 3.63) is 161 Å². The maximum Gasteiger partial charge on any atom is 0.329 e. The molecule has 3 fully saturated rings. The second-order valence-electron chi connectivity index (χ2n) is 19.0. The van der Waals surface area contributed by atoms with Gasteiger partial charge >= 0.3 is 18.0 Å². The van der Waals surface area contributed by atoms with Crippen LogP contribution in [-0.2, 0) is 34.1 Å². The molecule has 372 valence electrons. The number of nitrogens with zero attached hydrogens (tertiary/aromatic N) is 3. The molecule has 3 saturated heterocycles. The van der Waals surface area contributed by atoms with E-state index in [1.54, 1.807) is 68.3 Å². The van der Waals surface area contributed by atoms with E-state index in [9.17, 15) is 9.90 Å². The quantitative estimate of drug-likeness (QED) is 0.0980. The number of imide groups is 1. The summed E-state index contributed by atoms with van der Waals surface area (Å²) in [6.45, 7) is 4.13. The molecule has 0 aromatic heterocycles. The van der Waals surface area contributed by atoms with Crippen LogP contribution in [0.3, 0.4) is 0 Å². The topological polar surface area (TPSA) is 164 Å². The van der Waals surface area contributed by atoms with E-state index in [2.05, 4.69) is 17.2 Å². The van der Waals surface area contributed by atoms with Crippen molar-refractivity contribution in [1.82, 2.24) is 15.1 Å². The van der Waals surface area contributed by atoms with Crippen LogP contribution in [-0.4, -0.2) is 97.3 Å². The van der Waals surface area contributed by atoms with Gasteiger partial charge in [-0.3, -0.25) is 19.3 Å². The maximum absolute atomic E-state index is 16.8. The lowest BCUT2D eigenvalue weighted by Crippen LogP contribution is -2.58. The maximum atomic E-state index is 16.8. The Bertz CT molecular complexity index is 2840. The minimum Gasteiger partial charge on any atom is -0.497 e. The van der Waals surface area contributed by atoms with Crippen LogP contribution in [0, 0.1) is 23.7 Å². The van der Waals surface area contributed by atoms with Gasteiger partial charge in [-0.1, -0.05) is 118 Å². The van der Waals surface area contributed by atoms with Crippen LogP contribution < -0.4 is 19.7 Å². The average Bonchev–Trinajstić information content (AvgIpc) is 3.85. The van der Waals surface area contributed by atoms with E-state index in [1.807, 2.05) is 89.8 Å². The summed E-state index contributed by atoms with van der Waals surface area (Å²) in [6.07, 6.45) is 3.37. The van der Waals surface area contributed by atoms with Gasteiger partial charge < -0.3 is 34.3 Å². The fraction of sp³-hybridized carbons (Fsp3) is 0.362. The number of carbonyl (C=O) groups is 5. The van der Waals surface area contributed by atoms with Crippen LogP contribution in [0.4, 0.5) is 10.5 Å². The standard InChI is InChI=1S/C58H60N4O10/c1-37(2)48(54(65)70-4)59-57(68)61-46-31-24-39(21-20-38-22-27-43(69-3)28-23-38)36-45(46)58(56(61)67)47(53(64)60-32-14-6-5-7-15-33-60)50-55(66)72-51(41-18-12-9-13-19-41)49(40-16-10-8-11-17-40)62(50)52(58)42-25-29-44(30-26-42)71-35-34-63/h8-13,16-19,22-31,36-37,47-52,63H,5-7,14-15,32-35H2,1-4H3,(H,59,68)/t47-,48+,49-,50-,51+,52+,58-/m1/s1. The Labute approximate surface area is 420 Å². The van der Waals surface area contributed by atoms with E-state index in [0.717, 1.165) is 42.6 Å². The van der Waals surface area contributed by atoms with Gasteiger partial charge in [-0.05, 0) is 95.6 Å². The van der Waals surface area contributed by atoms with Gasteiger partial charge in [-0.25, -0.2) is 14.5 Å². The van der Waals surface area contributed by atoms with E-state index in [-0.39, 0.29) is 18.9 Å². The number of esters is 2. The molecule has 0 unspecified atom stereocenters. The molecule has 4 heterocycles. The van der Waals surface area contributed by atoms with Crippen molar-refractivity contribution in [3.63, 3.8) is 0 Å². The Morgan fingerprint density at radius 3 is 1.99 bits per heavy atom. The Morgan fingerprint density at radius 1 is 0.750 bits per heavy atom. The summed E-state index contributed by atoms with van der Waals surface area (Å²) in [6, 6.07) is 33.2. The fourth-order valence-corrected chi connectivity index (χ4v) is 11.2. The highest BCUT2D eigenvalue weighted by molar-refractivity contribution is 6.25. The summed E-state index contributed by atoms with van der Waals surface area (Å²) >= 11 is 0. The van der Waals surface area contributed by atoms with Crippen LogP contribution in [0.5, 0.6) is 11.5 Å². The zero-order valence-corrected chi connectivity index (χ0v) is 41.0. The SMILES string of the molecule is COC(=O)[C@@H](NC(=O)N1C(=O)[C@@]2(c3cc(C#Cc4ccc(OC)cc4)ccc31)[C@H](c1ccc(OCCO)cc1)N1[C@H](c3ccccc3)[C@H](c3ccccc3)OC(=O)[C@H]1[C@@H]2C(=O)N1CCCCCCC1)C(C)C. The smallest absolute Gasteiger partial charge is 0.329 e. The predicted octanol–water partition coefficient (Wildman–Crippen LogP) is 7.83. The van der Waals surface area contributed by atoms with Gasteiger partial charge in [-0.15, -0.1) is 0 Å². The van der Waals surface area contributed by atoms with Gasteiger partial charge in [0.2, 0.25) is 11.8 Å². The second kappa shape index (κ2) is 21.5. The molecule has 0 aliphatic carbocycles. The Balaban J connectivity index is 1.36. The minimum absolute atomic E-state index is 0.0349. The Hall–Kier alpha value is -7.47. The van der Waals surface area contributed by atoms with Crippen molar-refractivity contribution < 1.29 is 48.0 Å². The molecule has 9 rings (SSSR count). The average molecular weight is 973 g/mol. The number of hydrogen-bond acceptors (Lipinski definition) is 11. The van der Waals surface area contributed by atoms with E-state index in [4.69, 9.17) is 18.9 Å². The molecule has 14 nitrogen and oxygen atoms in total. The fourth-order valence-electron chi connectivity index (χ4n) is 11.2. The number of fused-ring (bicyclic) bond motifs is 3. The van der Waals surface area contributed by atoms with Gasteiger partial charge in [0, 0.05) is 24.2 Å². The molecule has 7 atom stereocenters. The molecule has 4 amide bonds.